The number of nitrogens with zero attached hydrogens (tertiary/aromatic N) is 2. The van der Waals surface area contributed by atoms with Gasteiger partial charge in [0.05, 0.1) is 5.69 Å². The van der Waals surface area contributed by atoms with E-state index in [-0.39, 0.29) is 0 Å². The number of hydrogen-bond donors (Lipinski definition) is 1. The number of thiazole rings is 1. The number of hydrogen-bond acceptors (Lipinski definition) is 4. The lowest BCUT2D eigenvalue weighted by Gasteiger charge is -2.01. The fourth-order valence-corrected chi connectivity index (χ4v) is 3.89. The molecule has 4 rings (SSSR count). The van der Waals surface area contributed by atoms with E-state index in [4.69, 9.17) is 4.98 Å². The van der Waals surface area contributed by atoms with Crippen LogP contribution in [-0.2, 0) is 6.54 Å². The molecule has 3 aromatic rings. The van der Waals surface area contributed by atoms with Gasteiger partial charge in [-0.15, -0.1) is 11.3 Å². The first kappa shape index (κ1) is 12.9. The highest BCUT2D eigenvalue weighted by Gasteiger charge is 2.30. The molecule has 4 heteroatoms. The highest BCUT2D eigenvalue weighted by Crippen LogP contribution is 2.44. The molecule has 1 aliphatic rings. The summed E-state index contributed by atoms with van der Waals surface area (Å²) in [6.45, 7) is 0.897. The van der Waals surface area contributed by atoms with Gasteiger partial charge in [0.1, 0.15) is 10.7 Å². The molecule has 1 N–H and O–H groups in total. The second kappa shape index (κ2) is 5.20. The Kier molecular flexibility index (Phi) is 3.20. The van der Waals surface area contributed by atoms with Gasteiger partial charge in [-0.1, -0.05) is 24.3 Å². The first-order valence-corrected chi connectivity index (χ1v) is 8.17. The fourth-order valence-electron chi connectivity index (χ4n) is 2.72. The third-order valence-electron chi connectivity index (χ3n) is 3.91. The van der Waals surface area contributed by atoms with E-state index < -0.39 is 0 Å². The molecule has 1 saturated carbocycles. The standard InChI is InChI=1S/C17H17N3S/c1-18-10-14-15(12-6-7-12)20-17(21-14)16-13-5-3-2-4-11(13)8-9-19-16/h2-5,8-9,12,18H,6-7,10H2,1H3. The number of rotatable bonds is 4. The Morgan fingerprint density at radius 3 is 2.90 bits per heavy atom. The van der Waals surface area contributed by atoms with Crippen molar-refractivity contribution in [3.63, 3.8) is 0 Å². The van der Waals surface area contributed by atoms with E-state index in [1.165, 1.54) is 34.2 Å². The van der Waals surface area contributed by atoms with E-state index in [2.05, 4.69) is 40.6 Å². The maximum Gasteiger partial charge on any atom is 0.143 e. The quantitative estimate of drug-likeness (QED) is 0.792. The van der Waals surface area contributed by atoms with Gasteiger partial charge in [0.25, 0.3) is 0 Å². The molecule has 0 aliphatic heterocycles. The average Bonchev–Trinajstić information content (AvgIpc) is 3.28. The van der Waals surface area contributed by atoms with Crippen molar-refractivity contribution in [1.29, 1.82) is 0 Å². The van der Waals surface area contributed by atoms with Crippen LogP contribution in [0.1, 0.15) is 29.3 Å². The Hall–Kier alpha value is -1.78. The normalized spacial score (nSPS) is 14.7. The van der Waals surface area contributed by atoms with Gasteiger partial charge in [-0.25, -0.2) is 4.98 Å². The van der Waals surface area contributed by atoms with Crippen molar-refractivity contribution < 1.29 is 0 Å². The summed E-state index contributed by atoms with van der Waals surface area (Å²) >= 11 is 1.78. The van der Waals surface area contributed by atoms with E-state index in [9.17, 15) is 0 Å². The van der Waals surface area contributed by atoms with Crippen LogP contribution in [0.3, 0.4) is 0 Å². The Morgan fingerprint density at radius 2 is 2.10 bits per heavy atom. The highest BCUT2D eigenvalue weighted by atomic mass is 32.1. The van der Waals surface area contributed by atoms with Crippen molar-refractivity contribution in [1.82, 2.24) is 15.3 Å². The van der Waals surface area contributed by atoms with Crippen LogP contribution < -0.4 is 5.32 Å². The Bertz CT molecular complexity index is 784. The summed E-state index contributed by atoms with van der Waals surface area (Å²) < 4.78 is 0. The van der Waals surface area contributed by atoms with Crippen LogP contribution in [-0.4, -0.2) is 17.0 Å². The topological polar surface area (TPSA) is 37.8 Å². The molecule has 1 fully saturated rings. The molecule has 0 unspecified atom stereocenters. The SMILES string of the molecule is CNCc1sc(-c2nccc3ccccc23)nc1C1CC1. The van der Waals surface area contributed by atoms with Crippen LogP contribution >= 0.6 is 11.3 Å². The number of pyridine rings is 1. The molecule has 106 valence electrons. The van der Waals surface area contributed by atoms with E-state index in [0.29, 0.717) is 5.92 Å². The predicted molar refractivity (Wildman–Crippen MR) is 87.6 cm³/mol. The molecule has 0 radical (unpaired) electrons. The third-order valence-corrected chi connectivity index (χ3v) is 4.98. The van der Waals surface area contributed by atoms with Crippen LogP contribution in [0.25, 0.3) is 21.5 Å². The van der Waals surface area contributed by atoms with Gasteiger partial charge in [-0.05, 0) is 31.3 Å². The number of fused-ring (bicyclic) bond motifs is 1. The molecular weight excluding hydrogens is 278 g/mol. The summed E-state index contributed by atoms with van der Waals surface area (Å²) in [4.78, 5) is 10.9. The Balaban J connectivity index is 1.86. The molecule has 2 heterocycles. The van der Waals surface area contributed by atoms with Crippen LogP contribution in [0.15, 0.2) is 36.5 Å². The monoisotopic (exact) mass is 295 g/mol. The lowest BCUT2D eigenvalue weighted by atomic mass is 10.1. The number of benzene rings is 1. The van der Waals surface area contributed by atoms with Gasteiger partial charge >= 0.3 is 0 Å². The van der Waals surface area contributed by atoms with Crippen molar-refractivity contribution in [2.75, 3.05) is 7.05 Å². The molecule has 2 aromatic heterocycles. The average molecular weight is 295 g/mol. The van der Waals surface area contributed by atoms with Gasteiger partial charge in [0.2, 0.25) is 0 Å². The van der Waals surface area contributed by atoms with Gasteiger partial charge in [-0.3, -0.25) is 4.98 Å². The van der Waals surface area contributed by atoms with Gasteiger partial charge < -0.3 is 5.32 Å². The molecule has 21 heavy (non-hydrogen) atoms. The summed E-state index contributed by atoms with van der Waals surface area (Å²) in [5, 5.41) is 6.72. The largest absolute Gasteiger partial charge is 0.315 e. The van der Waals surface area contributed by atoms with E-state index in [1.807, 2.05) is 13.2 Å². The lowest BCUT2D eigenvalue weighted by Crippen LogP contribution is -2.05. The first-order valence-electron chi connectivity index (χ1n) is 7.35. The second-order valence-electron chi connectivity index (χ2n) is 5.51. The van der Waals surface area contributed by atoms with Gasteiger partial charge in [0, 0.05) is 28.9 Å². The first-order chi connectivity index (χ1) is 10.4. The molecule has 0 atom stereocenters. The maximum absolute atomic E-state index is 4.93. The summed E-state index contributed by atoms with van der Waals surface area (Å²) in [5.74, 6) is 0.674. The van der Waals surface area contributed by atoms with Crippen LogP contribution in [0, 0.1) is 0 Å². The van der Waals surface area contributed by atoms with Crippen LogP contribution in [0.4, 0.5) is 0 Å². The lowest BCUT2D eigenvalue weighted by molar-refractivity contribution is 0.813. The van der Waals surface area contributed by atoms with Gasteiger partial charge in [0.15, 0.2) is 0 Å². The molecule has 0 saturated heterocycles. The van der Waals surface area contributed by atoms with Crippen molar-refractivity contribution in [3.8, 4) is 10.7 Å². The molecule has 3 nitrogen and oxygen atoms in total. The highest BCUT2D eigenvalue weighted by molar-refractivity contribution is 7.15. The summed E-state index contributed by atoms with van der Waals surface area (Å²) in [7, 11) is 1.99. The van der Waals surface area contributed by atoms with Gasteiger partial charge in [-0.2, -0.15) is 0 Å². The molecular formula is C17H17N3S. The summed E-state index contributed by atoms with van der Waals surface area (Å²) in [6.07, 6.45) is 4.44. The zero-order valence-corrected chi connectivity index (χ0v) is 12.8. The third kappa shape index (κ3) is 2.34. The molecule has 0 bridgehead atoms. The Labute approximate surface area is 128 Å². The molecule has 1 aromatic carbocycles. The zero-order chi connectivity index (χ0) is 14.2. The summed E-state index contributed by atoms with van der Waals surface area (Å²) in [6, 6.07) is 10.5. The molecule has 0 amide bonds. The molecule has 1 aliphatic carbocycles. The minimum Gasteiger partial charge on any atom is -0.315 e. The van der Waals surface area contributed by atoms with Crippen molar-refractivity contribution in [2.24, 2.45) is 0 Å². The van der Waals surface area contributed by atoms with Crippen molar-refractivity contribution in [2.45, 2.75) is 25.3 Å². The zero-order valence-electron chi connectivity index (χ0n) is 12.0. The van der Waals surface area contributed by atoms with Crippen molar-refractivity contribution in [3.05, 3.63) is 47.1 Å². The predicted octanol–water partition coefficient (Wildman–Crippen LogP) is 3.96. The summed E-state index contributed by atoms with van der Waals surface area (Å²) in [5.41, 5.74) is 2.31. The van der Waals surface area contributed by atoms with Crippen molar-refractivity contribution >= 4 is 22.1 Å². The Morgan fingerprint density at radius 1 is 1.24 bits per heavy atom. The smallest absolute Gasteiger partial charge is 0.143 e. The van der Waals surface area contributed by atoms with E-state index in [1.54, 1.807) is 11.3 Å². The molecule has 0 spiro atoms. The minimum atomic E-state index is 0.674. The van der Waals surface area contributed by atoms with E-state index in [0.717, 1.165) is 17.2 Å². The number of aromatic nitrogens is 2. The van der Waals surface area contributed by atoms with Crippen LogP contribution in [0.2, 0.25) is 0 Å². The van der Waals surface area contributed by atoms with Crippen LogP contribution in [0.5, 0.6) is 0 Å². The number of nitrogens with one attached hydrogen (secondary N) is 1. The minimum absolute atomic E-state index is 0.674. The maximum atomic E-state index is 4.93. The fraction of sp³-hybridized carbons (Fsp3) is 0.294. The second-order valence-corrected chi connectivity index (χ2v) is 6.60. The van der Waals surface area contributed by atoms with E-state index >= 15 is 0 Å².